The Kier molecular flexibility index (Phi) is 9.49. The van der Waals surface area contributed by atoms with Crippen molar-refractivity contribution >= 4 is 38.9 Å². The van der Waals surface area contributed by atoms with Gasteiger partial charge in [-0.15, -0.1) is 0 Å². The molecule has 0 radical (unpaired) electrons. The van der Waals surface area contributed by atoms with Crippen molar-refractivity contribution in [3.05, 3.63) is 203 Å². The van der Waals surface area contributed by atoms with E-state index in [0.717, 1.165) is 61.4 Å². The van der Waals surface area contributed by atoms with Gasteiger partial charge < -0.3 is 14.5 Å². The molecule has 0 unspecified atom stereocenters. The topological polar surface area (TPSA) is 33.5 Å². The van der Waals surface area contributed by atoms with E-state index in [4.69, 9.17) is 26.2 Å². The predicted octanol–water partition coefficient (Wildman–Crippen LogP) is 17.7. The molecular formula is C68H74N4O. The van der Waals surface area contributed by atoms with Crippen LogP contribution in [0.25, 0.3) is 49.9 Å². The lowest BCUT2D eigenvalue weighted by molar-refractivity contribution is 0.306. The van der Waals surface area contributed by atoms with Crippen LogP contribution in [0.15, 0.2) is 170 Å². The number of rotatable bonds is 13. The van der Waals surface area contributed by atoms with E-state index in [-0.39, 0.29) is 52.4 Å². The van der Waals surface area contributed by atoms with Gasteiger partial charge in [-0.1, -0.05) is 179 Å². The number of benzene rings is 7. The highest BCUT2D eigenvalue weighted by molar-refractivity contribution is 6.09. The first-order valence-corrected chi connectivity index (χ1v) is 25.3. The Hall–Kier alpha value is -7.11. The smallest absolute Gasteiger partial charge is 0.137 e. The second-order valence-corrected chi connectivity index (χ2v) is 22.4. The fraction of sp³-hybridized carbons (Fsp3) is 0.309. The third kappa shape index (κ3) is 10.4. The normalized spacial score (nSPS) is 16.6. The van der Waals surface area contributed by atoms with E-state index in [2.05, 4.69) is 162 Å². The summed E-state index contributed by atoms with van der Waals surface area (Å²) in [6.07, 6.45) is -1.35. The van der Waals surface area contributed by atoms with Gasteiger partial charge in [0.1, 0.15) is 18.2 Å². The summed E-state index contributed by atoms with van der Waals surface area (Å²) in [6, 6.07) is 41.1. The number of para-hydroxylation sites is 1. The molecule has 0 bridgehead atoms. The minimum atomic E-state index is -3.68. The standard InChI is InChI=1S/C68H74N4O/c1-46(2)36-50-23-18-26-57(48-21-13-12-14-22-48)58(50)27-19-35-70-45-71(64-40-49(29-32-62(64)70)51-38-53(67(6,7)8)41-54(39-51)68(9,10)11)55-24-17-20-47(37-55)44-73-56-30-31-60-59-25-15-16-28-61(59)72(63(60)43-56)65-42-52(33-34-69-65)66(3,4)5/h12-18,20-26,28-34,37-43,46H,19,27,35-36,44-45H2,1-11H3/i1D3,2D3,12D,13D,14D,21D,22D,36D2,46D. The second-order valence-electron chi connectivity index (χ2n) is 22.4. The Bertz CT molecular complexity index is 4050. The van der Waals surface area contributed by atoms with Crippen molar-refractivity contribution in [1.82, 2.24) is 9.55 Å². The SMILES string of the molecule is [2H]c1c([2H])c([2H])c(-c2cccc(C([2H])([2H])C([2H])(C([2H])([2H])[2H])C([2H])([2H])[2H])c2CCCN2CN(c3cccc(COc4ccc5c6ccccc6n(-c6cc(C(C)(C)C)ccn6)c5c4)c3)c3cc(-c4cc(C(C)(C)C)cc(C(C)(C)C)c4)ccc32)c([2H])c1[2H]. The molecule has 5 nitrogen and oxygen atoms in total. The maximum atomic E-state index is 9.41. The Labute approximate surface area is 455 Å². The van der Waals surface area contributed by atoms with Gasteiger partial charge >= 0.3 is 0 Å². The lowest BCUT2D eigenvalue weighted by Gasteiger charge is -2.26. The molecule has 3 heterocycles. The zero-order valence-electron chi connectivity index (χ0n) is 57.5. The molecule has 0 atom stereocenters. The monoisotopic (exact) mass is 977 g/mol. The predicted molar refractivity (Wildman–Crippen MR) is 310 cm³/mol. The Morgan fingerprint density at radius 2 is 1.40 bits per heavy atom. The molecule has 0 amide bonds. The minimum Gasteiger partial charge on any atom is -0.489 e. The van der Waals surface area contributed by atoms with Crippen LogP contribution in [0.4, 0.5) is 17.1 Å². The summed E-state index contributed by atoms with van der Waals surface area (Å²) in [6.45, 7) is 13.5. The van der Waals surface area contributed by atoms with Crippen LogP contribution in [0.1, 0.15) is 135 Å². The fourth-order valence-corrected chi connectivity index (χ4v) is 10.0. The van der Waals surface area contributed by atoms with Crippen LogP contribution < -0.4 is 14.5 Å². The molecule has 1 aliphatic rings. The molecule has 0 spiro atoms. The molecule has 0 N–H and O–H groups in total. The molecule has 9 aromatic rings. The van der Waals surface area contributed by atoms with E-state index in [1.165, 1.54) is 34.9 Å². The van der Waals surface area contributed by atoms with Gasteiger partial charge in [0.2, 0.25) is 0 Å². The van der Waals surface area contributed by atoms with Crippen molar-refractivity contribution < 1.29 is 23.9 Å². The molecule has 0 saturated heterocycles. The highest BCUT2D eigenvalue weighted by Gasteiger charge is 2.29. The Balaban J connectivity index is 1.03. The molecule has 5 heteroatoms. The summed E-state index contributed by atoms with van der Waals surface area (Å²) in [5.41, 5.74) is 10.3. The number of nitrogens with zero attached hydrogens (tertiary/aromatic N) is 4. The first-order valence-electron chi connectivity index (χ1n) is 32.3. The van der Waals surface area contributed by atoms with E-state index in [9.17, 15) is 2.74 Å². The summed E-state index contributed by atoms with van der Waals surface area (Å²) in [5.74, 6) is -2.17. The summed E-state index contributed by atoms with van der Waals surface area (Å²) < 4.78 is 130. The van der Waals surface area contributed by atoms with Crippen molar-refractivity contribution in [3.8, 4) is 33.8 Å². The van der Waals surface area contributed by atoms with Crippen LogP contribution in [0.2, 0.25) is 0 Å². The molecule has 372 valence electrons. The molecule has 0 aliphatic carbocycles. The van der Waals surface area contributed by atoms with Crippen molar-refractivity contribution in [1.29, 1.82) is 0 Å². The maximum absolute atomic E-state index is 9.41. The molecule has 73 heavy (non-hydrogen) atoms. The third-order valence-electron chi connectivity index (χ3n) is 14.1. The van der Waals surface area contributed by atoms with Gasteiger partial charge in [0.25, 0.3) is 0 Å². The summed E-state index contributed by atoms with van der Waals surface area (Å²) in [5, 5.41) is 2.19. The van der Waals surface area contributed by atoms with Gasteiger partial charge in [0.15, 0.2) is 0 Å². The first-order chi connectivity index (χ1) is 40.5. The van der Waals surface area contributed by atoms with E-state index >= 15 is 0 Å². The molecule has 7 aromatic carbocycles. The van der Waals surface area contributed by atoms with Gasteiger partial charge in [-0.2, -0.15) is 0 Å². The quantitative estimate of drug-likeness (QED) is 0.115. The summed E-state index contributed by atoms with van der Waals surface area (Å²) in [4.78, 5) is 9.27. The van der Waals surface area contributed by atoms with Crippen molar-refractivity contribution in [2.75, 3.05) is 23.0 Å². The summed E-state index contributed by atoms with van der Waals surface area (Å²) in [7, 11) is 0. The van der Waals surface area contributed by atoms with Gasteiger partial charge in [-0.3, -0.25) is 4.57 Å². The largest absolute Gasteiger partial charge is 0.489 e. The van der Waals surface area contributed by atoms with Crippen molar-refractivity contribution in [2.45, 2.75) is 118 Å². The molecule has 0 fully saturated rings. The van der Waals surface area contributed by atoms with Crippen LogP contribution >= 0.6 is 0 Å². The van der Waals surface area contributed by atoms with Crippen molar-refractivity contribution in [3.63, 3.8) is 0 Å². The van der Waals surface area contributed by atoms with Crippen LogP contribution in [-0.2, 0) is 35.6 Å². The first kappa shape index (κ1) is 35.1. The molecule has 2 aromatic heterocycles. The molecule has 0 saturated carbocycles. The van der Waals surface area contributed by atoms with Gasteiger partial charge in [0, 0.05) is 47.6 Å². The number of fused-ring (bicyclic) bond motifs is 4. The van der Waals surface area contributed by atoms with E-state index in [1.54, 1.807) is 0 Å². The average molecular weight is 977 g/mol. The molecule has 10 rings (SSSR count). The lowest BCUT2D eigenvalue weighted by Crippen LogP contribution is -2.29. The van der Waals surface area contributed by atoms with E-state index in [0.29, 0.717) is 19.0 Å². The van der Waals surface area contributed by atoms with Crippen LogP contribution in [0.3, 0.4) is 0 Å². The zero-order chi connectivity index (χ0) is 63.3. The fourth-order valence-electron chi connectivity index (χ4n) is 10.0. The number of hydrogen-bond donors (Lipinski definition) is 0. The third-order valence-corrected chi connectivity index (χ3v) is 14.1. The number of anilines is 3. The minimum absolute atomic E-state index is 0.0104. The Morgan fingerprint density at radius 1 is 0.658 bits per heavy atom. The van der Waals surface area contributed by atoms with Crippen LogP contribution in [-0.4, -0.2) is 22.8 Å². The lowest BCUT2D eigenvalue weighted by atomic mass is 9.79. The number of pyridine rings is 1. The highest BCUT2D eigenvalue weighted by atomic mass is 16.5. The van der Waals surface area contributed by atoms with E-state index < -0.39 is 61.7 Å². The molecular weight excluding hydrogens is 889 g/mol. The highest BCUT2D eigenvalue weighted by Crippen LogP contribution is 2.45. The second kappa shape index (κ2) is 19.7. The number of ether oxygens (including phenoxy) is 1. The number of aromatic nitrogens is 2. The van der Waals surface area contributed by atoms with Gasteiger partial charge in [-0.25, -0.2) is 4.98 Å². The van der Waals surface area contributed by atoms with Crippen LogP contribution in [0, 0.1) is 5.89 Å². The molecule has 1 aliphatic heterocycles. The Morgan fingerprint density at radius 3 is 2.15 bits per heavy atom. The van der Waals surface area contributed by atoms with Crippen molar-refractivity contribution in [2.24, 2.45) is 5.89 Å². The van der Waals surface area contributed by atoms with Gasteiger partial charge in [0.05, 0.1) is 35.9 Å². The summed E-state index contributed by atoms with van der Waals surface area (Å²) >= 11 is 0. The van der Waals surface area contributed by atoms with E-state index in [1.807, 2.05) is 36.5 Å². The number of hydrogen-bond acceptors (Lipinski definition) is 4. The maximum Gasteiger partial charge on any atom is 0.137 e. The average Bonchev–Trinajstić information content (AvgIpc) is 1.17. The van der Waals surface area contributed by atoms with Crippen LogP contribution in [0.5, 0.6) is 5.75 Å². The zero-order valence-corrected chi connectivity index (χ0v) is 43.5. The van der Waals surface area contributed by atoms with Gasteiger partial charge in [-0.05, 0) is 152 Å².